The molecule has 0 aromatic carbocycles. The van der Waals surface area contributed by atoms with Gasteiger partial charge in [-0.1, -0.05) is 25.3 Å². The van der Waals surface area contributed by atoms with Crippen molar-refractivity contribution in [1.82, 2.24) is 0 Å². The highest BCUT2D eigenvalue weighted by atomic mass is 16.6. The largest absolute Gasteiger partial charge is 0.406 e. The number of hydrogen-bond acceptors (Lipinski definition) is 3. The predicted molar refractivity (Wildman–Crippen MR) is 54.2 cm³/mol. The van der Waals surface area contributed by atoms with E-state index in [0.717, 1.165) is 25.7 Å². The fourth-order valence-electron chi connectivity index (χ4n) is 2.14. The lowest BCUT2D eigenvalue weighted by molar-refractivity contribution is -0.140. The summed E-state index contributed by atoms with van der Waals surface area (Å²) in [5, 5.41) is 0. The van der Waals surface area contributed by atoms with Crippen LogP contribution in [0.4, 0.5) is 0 Å². The van der Waals surface area contributed by atoms with Crippen molar-refractivity contribution in [1.29, 1.82) is 0 Å². The summed E-state index contributed by atoms with van der Waals surface area (Å²) in [6, 6.07) is 0. The molecule has 1 fully saturated rings. The fraction of sp³-hybridized carbons (Fsp3) is 0.636. The Balaban J connectivity index is 2.21. The lowest BCUT2D eigenvalue weighted by Crippen LogP contribution is -2.35. The van der Waals surface area contributed by atoms with E-state index < -0.39 is 5.54 Å². The molecule has 1 heterocycles. The van der Waals surface area contributed by atoms with Crippen molar-refractivity contribution < 1.29 is 9.53 Å². The molecule has 1 saturated carbocycles. The topological polar surface area (TPSA) is 38.7 Å². The number of carbonyl (C=O) groups excluding carboxylic acids is 1. The first-order valence-corrected chi connectivity index (χ1v) is 5.22. The highest BCUT2D eigenvalue weighted by molar-refractivity contribution is 6.04. The van der Waals surface area contributed by atoms with E-state index in [4.69, 9.17) is 4.74 Å². The molecule has 0 bridgehead atoms. The Labute approximate surface area is 83.9 Å². The first-order chi connectivity index (χ1) is 6.77. The van der Waals surface area contributed by atoms with Gasteiger partial charge in [0, 0.05) is 0 Å². The molecular weight excluding hydrogens is 178 g/mol. The van der Waals surface area contributed by atoms with Gasteiger partial charge < -0.3 is 4.74 Å². The number of esters is 1. The van der Waals surface area contributed by atoms with Crippen molar-refractivity contribution in [2.45, 2.75) is 44.6 Å². The summed E-state index contributed by atoms with van der Waals surface area (Å²) in [7, 11) is 0. The molecule has 14 heavy (non-hydrogen) atoms. The van der Waals surface area contributed by atoms with Crippen LogP contribution in [-0.4, -0.2) is 17.4 Å². The van der Waals surface area contributed by atoms with Gasteiger partial charge in [-0.05, 0) is 25.8 Å². The number of aliphatic imine (C=N–C) groups is 1. The van der Waals surface area contributed by atoms with Gasteiger partial charge in [-0.25, -0.2) is 9.79 Å². The minimum atomic E-state index is -0.521. The van der Waals surface area contributed by atoms with Gasteiger partial charge in [-0.15, -0.1) is 0 Å². The van der Waals surface area contributed by atoms with Crippen LogP contribution in [0.3, 0.4) is 0 Å². The number of nitrogens with zero attached hydrogens (tertiary/aromatic N) is 1. The first-order valence-electron chi connectivity index (χ1n) is 5.22. The molecule has 0 aromatic heterocycles. The third kappa shape index (κ3) is 1.47. The molecule has 0 unspecified atom stereocenters. The summed E-state index contributed by atoms with van der Waals surface area (Å²) in [6.07, 6.45) is 8.68. The summed E-state index contributed by atoms with van der Waals surface area (Å²) in [5.41, 5.74) is -0.521. The standard InChI is InChI=1S/C11H15NO2/c1-2-6-9-12-11(10(13)14-9)7-4-3-5-8-11/h2,6H,3-5,7-8H2,1H3/b6-2+. The second-order valence-corrected chi connectivity index (χ2v) is 3.93. The zero-order valence-electron chi connectivity index (χ0n) is 8.45. The van der Waals surface area contributed by atoms with E-state index in [9.17, 15) is 4.79 Å². The van der Waals surface area contributed by atoms with Crippen LogP contribution in [-0.2, 0) is 9.53 Å². The third-order valence-corrected chi connectivity index (χ3v) is 2.89. The lowest BCUT2D eigenvalue weighted by Gasteiger charge is -2.25. The Hall–Kier alpha value is -1.12. The molecule has 0 radical (unpaired) electrons. The van der Waals surface area contributed by atoms with Crippen molar-refractivity contribution in [3.63, 3.8) is 0 Å². The molecule has 0 atom stereocenters. The van der Waals surface area contributed by atoms with Crippen molar-refractivity contribution in [3.05, 3.63) is 12.2 Å². The highest BCUT2D eigenvalue weighted by Gasteiger charge is 2.45. The van der Waals surface area contributed by atoms with Crippen molar-refractivity contribution in [2.24, 2.45) is 4.99 Å². The Bertz CT molecular complexity index is 298. The van der Waals surface area contributed by atoms with Gasteiger partial charge in [0.05, 0.1) is 0 Å². The Kier molecular flexibility index (Phi) is 2.40. The second-order valence-electron chi connectivity index (χ2n) is 3.93. The van der Waals surface area contributed by atoms with E-state index in [0.29, 0.717) is 5.90 Å². The van der Waals surface area contributed by atoms with Crippen molar-refractivity contribution >= 4 is 11.9 Å². The van der Waals surface area contributed by atoms with E-state index >= 15 is 0 Å². The predicted octanol–water partition coefficient (Wildman–Crippen LogP) is 2.22. The van der Waals surface area contributed by atoms with E-state index in [1.165, 1.54) is 6.42 Å². The van der Waals surface area contributed by atoms with Crippen LogP contribution in [0.2, 0.25) is 0 Å². The number of rotatable bonds is 1. The van der Waals surface area contributed by atoms with Gasteiger partial charge in [0.2, 0.25) is 5.90 Å². The molecule has 3 heteroatoms. The summed E-state index contributed by atoms with van der Waals surface area (Å²) in [4.78, 5) is 16.1. The molecule has 0 aromatic rings. The van der Waals surface area contributed by atoms with Gasteiger partial charge in [0.15, 0.2) is 5.54 Å². The van der Waals surface area contributed by atoms with E-state index in [1.54, 1.807) is 6.08 Å². The summed E-state index contributed by atoms with van der Waals surface area (Å²) in [6.45, 7) is 1.89. The average molecular weight is 193 g/mol. The third-order valence-electron chi connectivity index (χ3n) is 2.89. The Morgan fingerprint density at radius 2 is 2.07 bits per heavy atom. The van der Waals surface area contributed by atoms with E-state index in [-0.39, 0.29) is 5.97 Å². The maximum Gasteiger partial charge on any atom is 0.340 e. The minimum absolute atomic E-state index is 0.148. The molecule has 76 valence electrons. The zero-order chi connectivity index (χ0) is 10.0. The molecule has 1 spiro atoms. The molecule has 2 aliphatic rings. The highest BCUT2D eigenvalue weighted by Crippen LogP contribution is 2.36. The summed E-state index contributed by atoms with van der Waals surface area (Å²) < 4.78 is 5.12. The van der Waals surface area contributed by atoms with E-state index in [1.807, 2.05) is 13.0 Å². The Morgan fingerprint density at radius 1 is 1.36 bits per heavy atom. The molecule has 1 aliphatic carbocycles. The quantitative estimate of drug-likeness (QED) is 0.599. The fourth-order valence-corrected chi connectivity index (χ4v) is 2.14. The SMILES string of the molecule is C/C=C/C1=NC2(CCCCC2)C(=O)O1. The van der Waals surface area contributed by atoms with Crippen LogP contribution in [0, 0.1) is 0 Å². The smallest absolute Gasteiger partial charge is 0.340 e. The average Bonchev–Trinajstić information content (AvgIpc) is 2.45. The van der Waals surface area contributed by atoms with Crippen LogP contribution >= 0.6 is 0 Å². The van der Waals surface area contributed by atoms with Gasteiger partial charge in [-0.2, -0.15) is 0 Å². The first kappa shape index (κ1) is 9.44. The summed E-state index contributed by atoms with van der Waals surface area (Å²) in [5.74, 6) is 0.338. The van der Waals surface area contributed by atoms with Gasteiger partial charge in [0.25, 0.3) is 0 Å². The molecule has 0 N–H and O–H groups in total. The maximum atomic E-state index is 11.7. The molecular formula is C11H15NO2. The lowest BCUT2D eigenvalue weighted by atomic mass is 9.83. The van der Waals surface area contributed by atoms with Crippen molar-refractivity contribution in [2.75, 3.05) is 0 Å². The van der Waals surface area contributed by atoms with Gasteiger partial charge in [-0.3, -0.25) is 0 Å². The molecule has 2 rings (SSSR count). The Morgan fingerprint density at radius 3 is 2.71 bits per heavy atom. The van der Waals surface area contributed by atoms with Gasteiger partial charge >= 0.3 is 5.97 Å². The van der Waals surface area contributed by atoms with Crippen molar-refractivity contribution in [3.8, 4) is 0 Å². The van der Waals surface area contributed by atoms with Crippen LogP contribution < -0.4 is 0 Å². The number of carbonyl (C=O) groups is 1. The van der Waals surface area contributed by atoms with Crippen LogP contribution in [0.1, 0.15) is 39.0 Å². The number of ether oxygens (including phenoxy) is 1. The second kappa shape index (κ2) is 3.56. The van der Waals surface area contributed by atoms with Crippen LogP contribution in [0.5, 0.6) is 0 Å². The summed E-state index contributed by atoms with van der Waals surface area (Å²) >= 11 is 0. The monoisotopic (exact) mass is 193 g/mol. The van der Waals surface area contributed by atoms with Crippen LogP contribution in [0.25, 0.3) is 0 Å². The number of hydrogen-bond donors (Lipinski definition) is 0. The number of cyclic esters (lactones) is 1. The molecule has 3 nitrogen and oxygen atoms in total. The van der Waals surface area contributed by atoms with E-state index in [2.05, 4.69) is 4.99 Å². The maximum absolute atomic E-state index is 11.7. The number of allylic oxidation sites excluding steroid dienone is 1. The molecule has 1 aliphatic heterocycles. The molecule has 0 amide bonds. The van der Waals surface area contributed by atoms with Gasteiger partial charge in [0.1, 0.15) is 0 Å². The minimum Gasteiger partial charge on any atom is -0.406 e. The van der Waals surface area contributed by atoms with Crippen LogP contribution in [0.15, 0.2) is 17.1 Å². The molecule has 0 saturated heterocycles. The normalized spacial score (nSPS) is 25.5. The zero-order valence-corrected chi connectivity index (χ0v) is 8.45.